The number of carbonyl (C=O) groups excluding carboxylic acids is 1. The first-order valence-electron chi connectivity index (χ1n) is 10.8. The highest BCUT2D eigenvalue weighted by Crippen LogP contribution is 2.49. The number of rotatable bonds is 5. The van der Waals surface area contributed by atoms with Gasteiger partial charge in [0.25, 0.3) is 0 Å². The van der Waals surface area contributed by atoms with Gasteiger partial charge in [-0.05, 0) is 69.1 Å². The summed E-state index contributed by atoms with van der Waals surface area (Å²) in [4.78, 5) is 14.8. The van der Waals surface area contributed by atoms with E-state index in [-0.39, 0.29) is 23.2 Å². The molecule has 0 aromatic heterocycles. The summed E-state index contributed by atoms with van der Waals surface area (Å²) in [7, 11) is 5.38. The molecule has 1 aliphatic heterocycles. The van der Waals surface area contributed by atoms with Gasteiger partial charge < -0.3 is 25.0 Å². The Hall–Kier alpha value is -2.87. The molecule has 1 heterocycles. The van der Waals surface area contributed by atoms with Gasteiger partial charge in [-0.2, -0.15) is 0 Å². The van der Waals surface area contributed by atoms with E-state index in [9.17, 15) is 13.6 Å². The molecule has 0 radical (unpaired) electrons. The van der Waals surface area contributed by atoms with E-state index in [1.54, 1.807) is 14.2 Å². The molecule has 3 atom stereocenters. The Balaban J connectivity index is 1.48. The maximum Gasteiger partial charge on any atom is 0.319 e. The predicted molar refractivity (Wildman–Crippen MR) is 118 cm³/mol. The van der Waals surface area contributed by atoms with Crippen LogP contribution < -0.4 is 20.1 Å². The van der Waals surface area contributed by atoms with Crippen LogP contribution >= 0.6 is 0 Å². The number of anilines is 1. The van der Waals surface area contributed by atoms with Gasteiger partial charge in [-0.1, -0.05) is 6.07 Å². The molecule has 32 heavy (non-hydrogen) atoms. The molecule has 4 rings (SSSR count). The number of hydrogen-bond acceptors (Lipinski definition) is 4. The SMILES string of the molecule is COc1ccc([C@]23CC[C@H](NC(=O)Nc4ccc(F)cc4F)C[C@H]2N(C)CC3)cc1OC. The highest BCUT2D eigenvalue weighted by Gasteiger charge is 2.50. The minimum atomic E-state index is -0.799. The van der Waals surface area contributed by atoms with Crippen LogP contribution in [-0.4, -0.2) is 50.8 Å². The summed E-state index contributed by atoms with van der Waals surface area (Å²) in [5, 5.41) is 5.46. The Morgan fingerprint density at radius 2 is 1.88 bits per heavy atom. The zero-order chi connectivity index (χ0) is 22.9. The minimum absolute atomic E-state index is 0.0218. The van der Waals surface area contributed by atoms with Gasteiger partial charge >= 0.3 is 6.03 Å². The van der Waals surface area contributed by atoms with Gasteiger partial charge in [0.05, 0.1) is 19.9 Å². The monoisotopic (exact) mass is 445 g/mol. The van der Waals surface area contributed by atoms with Gasteiger partial charge in [-0.3, -0.25) is 0 Å². The number of carbonyl (C=O) groups is 1. The molecule has 1 saturated carbocycles. The molecule has 2 aromatic rings. The van der Waals surface area contributed by atoms with Crippen molar-refractivity contribution in [2.45, 2.75) is 43.2 Å². The Morgan fingerprint density at radius 3 is 2.59 bits per heavy atom. The van der Waals surface area contributed by atoms with E-state index in [4.69, 9.17) is 9.47 Å². The van der Waals surface area contributed by atoms with Crippen LogP contribution in [0.5, 0.6) is 11.5 Å². The van der Waals surface area contributed by atoms with Crippen LogP contribution in [0, 0.1) is 11.6 Å². The molecule has 2 amide bonds. The van der Waals surface area contributed by atoms with Crippen molar-refractivity contribution in [3.63, 3.8) is 0 Å². The number of urea groups is 1. The Morgan fingerprint density at radius 1 is 1.09 bits per heavy atom. The molecule has 2 aliphatic rings. The van der Waals surface area contributed by atoms with Gasteiger partial charge in [0.1, 0.15) is 11.6 Å². The van der Waals surface area contributed by atoms with Crippen molar-refractivity contribution in [3.05, 3.63) is 53.6 Å². The second kappa shape index (κ2) is 8.94. The first-order chi connectivity index (χ1) is 15.4. The second-order valence-electron chi connectivity index (χ2n) is 8.67. The average Bonchev–Trinajstić information content (AvgIpc) is 3.12. The number of methoxy groups -OCH3 is 2. The van der Waals surface area contributed by atoms with E-state index in [0.29, 0.717) is 11.5 Å². The number of nitrogens with zero attached hydrogens (tertiary/aromatic N) is 1. The number of benzene rings is 2. The fraction of sp³-hybridized carbons (Fsp3) is 0.458. The largest absolute Gasteiger partial charge is 0.493 e. The normalized spacial score (nSPS) is 25.2. The fourth-order valence-electron chi connectivity index (χ4n) is 5.33. The number of amides is 2. The van der Waals surface area contributed by atoms with E-state index >= 15 is 0 Å². The highest BCUT2D eigenvalue weighted by molar-refractivity contribution is 5.89. The lowest BCUT2D eigenvalue weighted by Crippen LogP contribution is -2.52. The van der Waals surface area contributed by atoms with Crippen molar-refractivity contribution >= 4 is 11.7 Å². The van der Waals surface area contributed by atoms with Gasteiger partial charge in [0.15, 0.2) is 11.5 Å². The summed E-state index contributed by atoms with van der Waals surface area (Å²) >= 11 is 0. The molecule has 0 spiro atoms. The van der Waals surface area contributed by atoms with Crippen LogP contribution in [0.4, 0.5) is 19.3 Å². The van der Waals surface area contributed by atoms with Gasteiger partial charge in [0, 0.05) is 23.6 Å². The standard InChI is InChI=1S/C24H29F2N3O3/c1-29-11-10-24(15-4-7-20(31-2)21(12-15)32-3)9-8-17(14-22(24)29)27-23(30)28-19-6-5-16(25)13-18(19)26/h4-7,12-13,17,22H,8-11,14H2,1-3H3,(H2,27,28,30)/t17-,22+,24+/m0/s1. The molecule has 2 N–H and O–H groups in total. The summed E-state index contributed by atoms with van der Waals surface area (Å²) in [5.74, 6) is -0.0625. The molecule has 2 aromatic carbocycles. The zero-order valence-corrected chi connectivity index (χ0v) is 18.6. The molecular weight excluding hydrogens is 416 g/mol. The lowest BCUT2D eigenvalue weighted by molar-refractivity contribution is 0.156. The molecular formula is C24H29F2N3O3. The highest BCUT2D eigenvalue weighted by atomic mass is 19.1. The third-order valence-electron chi connectivity index (χ3n) is 7.00. The number of halogens is 2. The summed E-state index contributed by atoms with van der Waals surface area (Å²) < 4.78 is 37.9. The van der Waals surface area contributed by atoms with Gasteiger partial charge in [-0.15, -0.1) is 0 Å². The number of likely N-dealkylation sites (tertiary alicyclic amines) is 1. The number of fused-ring (bicyclic) bond motifs is 1. The van der Waals surface area contributed by atoms with Crippen LogP contribution in [0.1, 0.15) is 31.2 Å². The average molecular weight is 446 g/mol. The number of nitrogens with one attached hydrogen (secondary N) is 2. The lowest BCUT2D eigenvalue weighted by atomic mass is 9.65. The molecule has 1 aliphatic carbocycles. The van der Waals surface area contributed by atoms with Crippen molar-refractivity contribution in [2.75, 3.05) is 33.1 Å². The zero-order valence-electron chi connectivity index (χ0n) is 18.6. The van der Waals surface area contributed by atoms with Gasteiger partial charge in [0.2, 0.25) is 0 Å². The van der Waals surface area contributed by atoms with Crippen molar-refractivity contribution in [1.29, 1.82) is 0 Å². The maximum absolute atomic E-state index is 13.9. The van der Waals surface area contributed by atoms with Crippen LogP contribution in [0.3, 0.4) is 0 Å². The van der Waals surface area contributed by atoms with Crippen molar-refractivity contribution in [3.8, 4) is 11.5 Å². The molecule has 2 fully saturated rings. The molecule has 1 saturated heterocycles. The summed E-state index contributed by atoms with van der Waals surface area (Å²) in [6.07, 6.45) is 3.53. The Labute approximate surface area is 186 Å². The number of likely N-dealkylation sites (N-methyl/N-ethyl adjacent to an activating group) is 1. The first-order valence-corrected chi connectivity index (χ1v) is 10.8. The molecule has 172 valence electrons. The van der Waals surface area contributed by atoms with E-state index in [1.165, 1.54) is 11.6 Å². The summed E-state index contributed by atoms with van der Waals surface area (Å²) in [6.45, 7) is 0.971. The summed E-state index contributed by atoms with van der Waals surface area (Å²) in [5.41, 5.74) is 1.16. The maximum atomic E-state index is 13.9. The van der Waals surface area contributed by atoms with Crippen LogP contribution in [-0.2, 0) is 5.41 Å². The van der Waals surface area contributed by atoms with E-state index in [0.717, 1.165) is 44.4 Å². The minimum Gasteiger partial charge on any atom is -0.493 e. The molecule has 0 bridgehead atoms. The molecule has 6 nitrogen and oxygen atoms in total. The number of ether oxygens (including phenoxy) is 2. The number of hydrogen-bond donors (Lipinski definition) is 2. The second-order valence-corrected chi connectivity index (χ2v) is 8.67. The van der Waals surface area contributed by atoms with Crippen molar-refractivity contribution in [2.24, 2.45) is 0 Å². The van der Waals surface area contributed by atoms with E-state index < -0.39 is 17.7 Å². The summed E-state index contributed by atoms with van der Waals surface area (Å²) in [6, 6.07) is 8.95. The van der Waals surface area contributed by atoms with Crippen LogP contribution in [0.15, 0.2) is 36.4 Å². The van der Waals surface area contributed by atoms with E-state index in [1.807, 2.05) is 6.07 Å². The topological polar surface area (TPSA) is 62.8 Å². The Kier molecular flexibility index (Phi) is 6.24. The van der Waals surface area contributed by atoms with Crippen LogP contribution in [0.25, 0.3) is 0 Å². The van der Waals surface area contributed by atoms with Crippen LogP contribution in [0.2, 0.25) is 0 Å². The van der Waals surface area contributed by atoms with Crippen molar-refractivity contribution < 1.29 is 23.0 Å². The van der Waals surface area contributed by atoms with Gasteiger partial charge in [-0.25, -0.2) is 13.6 Å². The third kappa shape index (κ3) is 4.11. The van der Waals surface area contributed by atoms with E-state index in [2.05, 4.69) is 34.7 Å². The van der Waals surface area contributed by atoms with Crippen molar-refractivity contribution in [1.82, 2.24) is 10.2 Å². The first kappa shape index (κ1) is 22.3. The smallest absolute Gasteiger partial charge is 0.319 e. The Bertz CT molecular complexity index is 1000. The third-order valence-corrected chi connectivity index (χ3v) is 7.00. The lowest BCUT2D eigenvalue weighted by Gasteiger charge is -2.45. The fourth-order valence-corrected chi connectivity index (χ4v) is 5.33. The molecule has 0 unspecified atom stereocenters. The molecule has 8 heteroatoms. The predicted octanol–water partition coefficient (Wildman–Crippen LogP) is 4.30. The quantitative estimate of drug-likeness (QED) is 0.721.